The van der Waals surface area contributed by atoms with E-state index in [0.29, 0.717) is 0 Å². The van der Waals surface area contributed by atoms with E-state index < -0.39 is 0 Å². The lowest BCUT2D eigenvalue weighted by Gasteiger charge is -2.38. The Morgan fingerprint density at radius 1 is 1.43 bits per heavy atom. The van der Waals surface area contributed by atoms with Gasteiger partial charge < -0.3 is 4.90 Å². The van der Waals surface area contributed by atoms with Crippen molar-refractivity contribution in [2.75, 3.05) is 26.7 Å². The quantitative estimate of drug-likeness (QED) is 0.713. The summed E-state index contributed by atoms with van der Waals surface area (Å²) in [6.45, 7) is 5.50. The second kappa shape index (κ2) is 4.15. The average molecular weight is 193 g/mol. The smallest absolute Gasteiger partial charge is 0.0535 e. The highest BCUT2D eigenvalue weighted by Gasteiger charge is 2.22. The van der Waals surface area contributed by atoms with Crippen LogP contribution in [0.25, 0.3) is 0 Å². The maximum Gasteiger partial charge on any atom is 0.0535 e. The number of allylic oxidation sites excluding steroid dienone is 2. The van der Waals surface area contributed by atoms with E-state index >= 15 is 0 Å². The lowest BCUT2D eigenvalue weighted by molar-refractivity contribution is 0.156. The molecule has 2 heterocycles. The molecule has 0 aliphatic carbocycles. The Balaban J connectivity index is 2.17. The molecule has 0 radical (unpaired) electrons. The van der Waals surface area contributed by atoms with Gasteiger partial charge in [0.1, 0.15) is 0 Å². The second-order valence-electron chi connectivity index (χ2n) is 3.83. The van der Waals surface area contributed by atoms with Gasteiger partial charge in [-0.05, 0) is 25.5 Å². The summed E-state index contributed by atoms with van der Waals surface area (Å²) in [6.07, 6.45) is 6.83. The third-order valence-electron chi connectivity index (χ3n) is 3.10. The number of rotatable bonds is 2. The summed E-state index contributed by atoms with van der Waals surface area (Å²) in [4.78, 5) is 2.40. The van der Waals surface area contributed by atoms with Crippen molar-refractivity contribution in [1.29, 1.82) is 0 Å². The molecule has 0 aromatic heterocycles. The molecule has 1 saturated heterocycles. The molecule has 1 N–H and O–H groups in total. The largest absolute Gasteiger partial charge is 0.349 e. The van der Waals surface area contributed by atoms with Gasteiger partial charge >= 0.3 is 0 Å². The molecular formula is C11H19N3. The van der Waals surface area contributed by atoms with E-state index in [9.17, 15) is 0 Å². The normalized spacial score (nSPS) is 22.9. The van der Waals surface area contributed by atoms with Crippen molar-refractivity contribution in [3.05, 3.63) is 23.5 Å². The summed E-state index contributed by atoms with van der Waals surface area (Å²) in [5.41, 5.74) is 6.33. The van der Waals surface area contributed by atoms with E-state index in [2.05, 4.69) is 34.5 Å². The maximum absolute atomic E-state index is 3.23. The molecule has 1 fully saturated rings. The molecule has 2 rings (SSSR count). The van der Waals surface area contributed by atoms with Gasteiger partial charge in [-0.25, -0.2) is 5.01 Å². The van der Waals surface area contributed by atoms with E-state index in [-0.39, 0.29) is 0 Å². The fourth-order valence-corrected chi connectivity index (χ4v) is 2.17. The molecule has 78 valence electrons. The molecular weight excluding hydrogens is 174 g/mol. The maximum atomic E-state index is 3.23. The van der Waals surface area contributed by atoms with E-state index in [1.165, 1.54) is 12.1 Å². The number of hydrogen-bond acceptors (Lipinski definition) is 3. The molecule has 14 heavy (non-hydrogen) atoms. The summed E-state index contributed by atoms with van der Waals surface area (Å²) < 4.78 is 0. The average Bonchev–Trinajstić information content (AvgIpc) is 2.27. The van der Waals surface area contributed by atoms with Gasteiger partial charge in [-0.1, -0.05) is 13.0 Å². The Morgan fingerprint density at radius 3 is 3.00 bits per heavy atom. The van der Waals surface area contributed by atoms with E-state index in [4.69, 9.17) is 0 Å². The van der Waals surface area contributed by atoms with Crippen molar-refractivity contribution < 1.29 is 0 Å². The van der Waals surface area contributed by atoms with Gasteiger partial charge in [0.2, 0.25) is 0 Å². The molecule has 0 unspecified atom stereocenters. The second-order valence-corrected chi connectivity index (χ2v) is 3.83. The van der Waals surface area contributed by atoms with Crippen LogP contribution in [0.1, 0.15) is 19.8 Å². The monoisotopic (exact) mass is 193 g/mol. The van der Waals surface area contributed by atoms with E-state index in [1.807, 2.05) is 7.05 Å². The summed E-state index contributed by atoms with van der Waals surface area (Å²) in [7, 11) is 2.00. The van der Waals surface area contributed by atoms with Crippen molar-refractivity contribution in [2.45, 2.75) is 19.8 Å². The predicted octanol–water partition coefficient (Wildman–Crippen LogP) is 1.32. The third kappa shape index (κ3) is 1.70. The number of piperazine rings is 1. The third-order valence-corrected chi connectivity index (χ3v) is 3.10. The van der Waals surface area contributed by atoms with Gasteiger partial charge in [0, 0.05) is 25.0 Å². The minimum absolute atomic E-state index is 1.05. The fraction of sp³-hybridized carbons (Fsp3) is 0.636. The molecule has 2 aliphatic rings. The van der Waals surface area contributed by atoms with Crippen molar-refractivity contribution in [1.82, 2.24) is 15.3 Å². The van der Waals surface area contributed by atoms with Gasteiger partial charge in [0.15, 0.2) is 0 Å². The summed E-state index contributed by atoms with van der Waals surface area (Å²) in [6, 6.07) is 0. The zero-order chi connectivity index (χ0) is 9.97. The highest BCUT2D eigenvalue weighted by atomic mass is 15.5. The van der Waals surface area contributed by atoms with Gasteiger partial charge in [0.05, 0.1) is 6.54 Å². The molecule has 0 aromatic carbocycles. The standard InChI is InChI=1S/C11H19N3/c1-3-10-5-4-6-13-7-8-14(12-2)9-11(10)13/h4,6,12H,3,5,7-9H2,1-2H3. The van der Waals surface area contributed by atoms with Crippen molar-refractivity contribution in [3.63, 3.8) is 0 Å². The van der Waals surface area contributed by atoms with Crippen molar-refractivity contribution in [3.8, 4) is 0 Å². The number of hydrogen-bond donors (Lipinski definition) is 1. The SMILES string of the molecule is CCC1=C2CN(NC)CCN2C=CC1. The van der Waals surface area contributed by atoms with Gasteiger partial charge in [-0.2, -0.15) is 0 Å². The highest BCUT2D eigenvalue weighted by molar-refractivity contribution is 5.24. The van der Waals surface area contributed by atoms with Crippen LogP contribution < -0.4 is 5.43 Å². The number of nitrogens with zero attached hydrogens (tertiary/aromatic N) is 2. The number of fused-ring (bicyclic) bond motifs is 1. The van der Waals surface area contributed by atoms with Gasteiger partial charge in [-0.15, -0.1) is 0 Å². The molecule has 0 amide bonds. The first-order valence-corrected chi connectivity index (χ1v) is 5.41. The molecule has 0 atom stereocenters. The lowest BCUT2D eigenvalue weighted by atomic mass is 10.0. The fourth-order valence-electron chi connectivity index (χ4n) is 2.17. The molecule has 2 aliphatic heterocycles. The van der Waals surface area contributed by atoms with Gasteiger partial charge in [0.25, 0.3) is 0 Å². The Hall–Kier alpha value is -0.800. The minimum Gasteiger partial charge on any atom is -0.349 e. The number of nitrogens with one attached hydrogen (secondary N) is 1. The Bertz CT molecular complexity index is 268. The first-order valence-electron chi connectivity index (χ1n) is 5.41. The molecule has 0 saturated carbocycles. The first-order chi connectivity index (χ1) is 6.85. The van der Waals surface area contributed by atoms with E-state index in [1.54, 1.807) is 5.57 Å². The topological polar surface area (TPSA) is 18.5 Å². The molecule has 0 aromatic rings. The van der Waals surface area contributed by atoms with Crippen LogP contribution in [-0.4, -0.2) is 36.6 Å². The van der Waals surface area contributed by atoms with Crippen LogP contribution >= 0.6 is 0 Å². The van der Waals surface area contributed by atoms with Crippen LogP contribution in [0.2, 0.25) is 0 Å². The molecule has 3 nitrogen and oxygen atoms in total. The minimum atomic E-state index is 1.05. The zero-order valence-corrected chi connectivity index (χ0v) is 9.08. The summed E-state index contributed by atoms with van der Waals surface area (Å²) in [5.74, 6) is 0. The van der Waals surface area contributed by atoms with Crippen LogP contribution in [0.5, 0.6) is 0 Å². The van der Waals surface area contributed by atoms with Crippen LogP contribution in [0.15, 0.2) is 23.5 Å². The van der Waals surface area contributed by atoms with Crippen molar-refractivity contribution >= 4 is 0 Å². The first kappa shape index (κ1) is 9.74. The number of hydrazine groups is 1. The summed E-state index contributed by atoms with van der Waals surface area (Å²) >= 11 is 0. The van der Waals surface area contributed by atoms with Crippen LogP contribution in [-0.2, 0) is 0 Å². The Kier molecular flexibility index (Phi) is 2.89. The van der Waals surface area contributed by atoms with Crippen molar-refractivity contribution in [2.24, 2.45) is 0 Å². The molecule has 0 bridgehead atoms. The summed E-state index contributed by atoms with van der Waals surface area (Å²) in [5, 5.41) is 2.28. The van der Waals surface area contributed by atoms with Crippen LogP contribution in [0.4, 0.5) is 0 Å². The van der Waals surface area contributed by atoms with Crippen LogP contribution in [0.3, 0.4) is 0 Å². The Labute approximate surface area is 86.0 Å². The van der Waals surface area contributed by atoms with E-state index in [0.717, 1.165) is 26.1 Å². The lowest BCUT2D eigenvalue weighted by Crippen LogP contribution is -2.48. The Morgan fingerprint density at radius 2 is 2.29 bits per heavy atom. The molecule has 0 spiro atoms. The highest BCUT2D eigenvalue weighted by Crippen LogP contribution is 2.25. The van der Waals surface area contributed by atoms with Gasteiger partial charge in [-0.3, -0.25) is 5.43 Å². The predicted molar refractivity (Wildman–Crippen MR) is 58.4 cm³/mol. The van der Waals surface area contributed by atoms with Crippen LogP contribution in [0, 0.1) is 0 Å². The zero-order valence-electron chi connectivity index (χ0n) is 9.08. The molecule has 3 heteroatoms.